The molecule has 124 valence electrons. The Kier molecular flexibility index (Phi) is 9.22. The summed E-state index contributed by atoms with van der Waals surface area (Å²) in [5.41, 5.74) is 0. The molecule has 3 aromatic carbocycles. The van der Waals surface area contributed by atoms with Crippen molar-refractivity contribution >= 4 is 58.2 Å². The fourth-order valence-corrected chi connectivity index (χ4v) is 4.36. The smallest absolute Gasteiger partial charge is 1.00 e. The Morgan fingerprint density at radius 2 is 1.92 bits per heavy atom. The minimum atomic E-state index is 0. The topological polar surface area (TPSA) is 0 Å². The third-order valence-corrected chi connectivity index (χ3v) is 5.39. The molecule has 0 atom stereocenters. The largest absolute Gasteiger partial charge is 4.00 e. The Balaban J connectivity index is 0.000000344. The van der Waals surface area contributed by atoms with Gasteiger partial charge in [-0.2, -0.15) is 17.4 Å². The Bertz CT molecular complexity index is 1020. The van der Waals surface area contributed by atoms with Crippen LogP contribution in [0.25, 0.3) is 30.9 Å². The molecule has 1 aromatic heterocycles. The van der Waals surface area contributed by atoms with Crippen LogP contribution in [0.3, 0.4) is 0 Å². The molecule has 0 aliphatic heterocycles. The molecule has 0 fully saturated rings. The molecular formula is C20H13BrCl2SZr. The molecule has 1 aliphatic rings. The fourth-order valence-electron chi connectivity index (χ4n) is 2.81. The van der Waals surface area contributed by atoms with E-state index in [9.17, 15) is 0 Å². The minimum absolute atomic E-state index is 0. The van der Waals surface area contributed by atoms with Crippen molar-refractivity contribution in [1.82, 2.24) is 0 Å². The van der Waals surface area contributed by atoms with E-state index in [2.05, 4.69) is 76.6 Å². The molecular weight excluding hydrogens is 514 g/mol. The molecule has 0 nitrogen and oxygen atoms in total. The number of benzene rings is 2. The van der Waals surface area contributed by atoms with Crippen LogP contribution in [-0.2, 0) is 26.2 Å². The summed E-state index contributed by atoms with van der Waals surface area (Å²) in [5, 5.41) is 5.48. The van der Waals surface area contributed by atoms with Crippen molar-refractivity contribution in [1.29, 1.82) is 0 Å². The zero-order valence-corrected chi connectivity index (χ0v) is 19.5. The molecule has 0 saturated heterocycles. The first-order chi connectivity index (χ1) is 10.8. The first kappa shape index (κ1) is 22.7. The van der Waals surface area contributed by atoms with Gasteiger partial charge in [-0.15, -0.1) is 36.1 Å². The summed E-state index contributed by atoms with van der Waals surface area (Å²) in [7, 11) is 0. The summed E-state index contributed by atoms with van der Waals surface area (Å²) >= 11 is 5.41. The predicted octanol–water partition coefficient (Wildman–Crippen LogP) is 1.00. The SMILES string of the molecule is Brc1ccc2c(c1)cc1sc3ccc[cH-]c3c12.[C-]1=CC=CC1.[Cl-].[Cl-].[Zr+4]. The van der Waals surface area contributed by atoms with Gasteiger partial charge in [0.25, 0.3) is 0 Å². The van der Waals surface area contributed by atoms with E-state index >= 15 is 0 Å². The van der Waals surface area contributed by atoms with Crippen molar-refractivity contribution in [3.05, 3.63) is 77.3 Å². The summed E-state index contributed by atoms with van der Waals surface area (Å²) in [4.78, 5) is 0. The normalized spacial score (nSPS) is 11.6. The van der Waals surface area contributed by atoms with Crippen LogP contribution in [0.5, 0.6) is 0 Å². The molecule has 0 saturated carbocycles. The van der Waals surface area contributed by atoms with E-state index < -0.39 is 0 Å². The first-order valence-corrected chi connectivity index (χ1v) is 8.82. The van der Waals surface area contributed by atoms with Gasteiger partial charge in [0.15, 0.2) is 0 Å². The molecule has 1 heterocycles. The maximum Gasteiger partial charge on any atom is 4.00 e. The zero-order valence-electron chi connectivity index (χ0n) is 13.1. The van der Waals surface area contributed by atoms with Crippen LogP contribution in [0.2, 0.25) is 0 Å². The number of fused-ring (bicyclic) bond motifs is 5. The fraction of sp³-hybridized carbons (Fsp3) is 0.0500. The van der Waals surface area contributed by atoms with Gasteiger partial charge in [-0.05, 0) is 28.3 Å². The van der Waals surface area contributed by atoms with E-state index in [1.165, 1.54) is 30.9 Å². The van der Waals surface area contributed by atoms with Crippen LogP contribution in [-0.4, -0.2) is 0 Å². The van der Waals surface area contributed by atoms with E-state index in [1.807, 2.05) is 23.5 Å². The number of rotatable bonds is 0. The quantitative estimate of drug-likeness (QED) is 0.300. The number of allylic oxidation sites excluding steroid dienone is 4. The van der Waals surface area contributed by atoms with Crippen molar-refractivity contribution < 1.29 is 51.0 Å². The van der Waals surface area contributed by atoms with Crippen molar-refractivity contribution in [3.8, 4) is 0 Å². The second-order valence-electron chi connectivity index (χ2n) is 5.22. The average molecular weight is 527 g/mol. The first-order valence-electron chi connectivity index (χ1n) is 7.21. The number of thiophene rings is 1. The average Bonchev–Trinajstić information content (AvgIpc) is 3.24. The molecule has 0 amide bonds. The van der Waals surface area contributed by atoms with Crippen LogP contribution in [0.15, 0.2) is 71.2 Å². The molecule has 4 aromatic rings. The predicted molar refractivity (Wildman–Crippen MR) is 102 cm³/mol. The van der Waals surface area contributed by atoms with Gasteiger partial charge in [0, 0.05) is 4.47 Å². The molecule has 5 heteroatoms. The van der Waals surface area contributed by atoms with Crippen LogP contribution >= 0.6 is 27.3 Å². The Morgan fingerprint density at radius 1 is 1.08 bits per heavy atom. The van der Waals surface area contributed by atoms with Crippen molar-refractivity contribution in [2.24, 2.45) is 0 Å². The number of hydrogen-bond acceptors (Lipinski definition) is 1. The van der Waals surface area contributed by atoms with Crippen LogP contribution in [0, 0.1) is 6.08 Å². The van der Waals surface area contributed by atoms with E-state index in [-0.39, 0.29) is 51.0 Å². The van der Waals surface area contributed by atoms with Gasteiger partial charge in [0.05, 0.1) is 0 Å². The van der Waals surface area contributed by atoms with E-state index in [0.717, 1.165) is 10.9 Å². The van der Waals surface area contributed by atoms with Crippen molar-refractivity contribution in [2.75, 3.05) is 0 Å². The van der Waals surface area contributed by atoms with Crippen LogP contribution < -0.4 is 24.8 Å². The van der Waals surface area contributed by atoms with Gasteiger partial charge in [0.1, 0.15) is 0 Å². The third kappa shape index (κ3) is 4.70. The Morgan fingerprint density at radius 3 is 2.60 bits per heavy atom. The van der Waals surface area contributed by atoms with Gasteiger partial charge < -0.3 is 24.8 Å². The van der Waals surface area contributed by atoms with E-state index in [1.54, 1.807) is 0 Å². The Labute approximate surface area is 191 Å². The summed E-state index contributed by atoms with van der Waals surface area (Å²) < 4.78 is 3.91. The minimum Gasteiger partial charge on any atom is -1.00 e. The standard InChI is InChI=1S/C15H8BrS.C5H5.2ClH.Zr/c16-10-5-6-11-9(7-10)8-14-15(11)12-3-1-2-4-13(12)17-14;1-2-4-5-3-1;;;/h1-8H;1-3H,4H2;2*1H;/q2*-1;;;+4/p-2. The van der Waals surface area contributed by atoms with Gasteiger partial charge in [-0.3, -0.25) is 6.08 Å². The monoisotopic (exact) mass is 524 g/mol. The van der Waals surface area contributed by atoms with Gasteiger partial charge in [0.2, 0.25) is 0 Å². The van der Waals surface area contributed by atoms with Crippen molar-refractivity contribution in [3.63, 3.8) is 0 Å². The van der Waals surface area contributed by atoms with Crippen LogP contribution in [0.1, 0.15) is 6.42 Å². The molecule has 0 N–H and O–H groups in total. The number of halogens is 3. The summed E-state index contributed by atoms with van der Waals surface area (Å²) in [6.45, 7) is 0. The molecule has 5 rings (SSSR count). The summed E-state index contributed by atoms with van der Waals surface area (Å²) in [6, 6.07) is 17.5. The van der Waals surface area contributed by atoms with Crippen LogP contribution in [0.4, 0.5) is 0 Å². The van der Waals surface area contributed by atoms with Gasteiger partial charge >= 0.3 is 26.2 Å². The van der Waals surface area contributed by atoms with E-state index in [4.69, 9.17) is 0 Å². The summed E-state index contributed by atoms with van der Waals surface area (Å²) in [6.07, 6.45) is 10.0. The van der Waals surface area contributed by atoms with Gasteiger partial charge in [-0.25, -0.2) is 12.2 Å². The maximum atomic E-state index is 3.53. The summed E-state index contributed by atoms with van der Waals surface area (Å²) in [5.74, 6) is 0. The maximum absolute atomic E-state index is 3.53. The molecule has 0 bridgehead atoms. The van der Waals surface area contributed by atoms with Crippen molar-refractivity contribution in [2.45, 2.75) is 6.42 Å². The second kappa shape index (κ2) is 10.1. The molecule has 0 radical (unpaired) electrons. The molecule has 0 unspecified atom stereocenters. The molecule has 0 spiro atoms. The third-order valence-electron chi connectivity index (χ3n) is 3.78. The Hall–Kier alpha value is -0.307. The zero-order chi connectivity index (χ0) is 14.9. The van der Waals surface area contributed by atoms with Gasteiger partial charge in [-0.1, -0.05) is 37.5 Å². The molecule has 25 heavy (non-hydrogen) atoms. The second-order valence-corrected chi connectivity index (χ2v) is 7.22. The molecule has 1 aliphatic carbocycles. The van der Waals surface area contributed by atoms with E-state index in [0.29, 0.717) is 0 Å². The number of hydrogen-bond donors (Lipinski definition) is 0.